The summed E-state index contributed by atoms with van der Waals surface area (Å²) in [6.07, 6.45) is 3.51. The number of pyridine rings is 2. The van der Waals surface area contributed by atoms with Gasteiger partial charge in [0.05, 0.1) is 18.0 Å². The number of anilines is 2. The van der Waals surface area contributed by atoms with Gasteiger partial charge in [-0.15, -0.1) is 11.3 Å². The highest BCUT2D eigenvalue weighted by Crippen LogP contribution is 2.40. The van der Waals surface area contributed by atoms with Gasteiger partial charge in [0.25, 0.3) is 5.91 Å². The molecule has 5 N–H and O–H groups in total. The van der Waals surface area contributed by atoms with Crippen molar-refractivity contribution < 1.29 is 18.3 Å². The maximum atomic E-state index is 15.3. The van der Waals surface area contributed by atoms with Gasteiger partial charge in [0, 0.05) is 59.9 Å². The number of hydrogen-bond donors (Lipinski definition) is 3. The molecule has 8 nitrogen and oxygen atoms in total. The number of nitrogens with zero attached hydrogens (tertiary/aromatic N) is 3. The predicted molar refractivity (Wildman–Crippen MR) is 139 cm³/mol. The van der Waals surface area contributed by atoms with E-state index in [1.54, 1.807) is 6.92 Å². The topological polar surface area (TPSA) is 119 Å². The monoisotopic (exact) mass is 528 g/mol. The molecule has 11 heteroatoms. The zero-order valence-electron chi connectivity index (χ0n) is 20.7. The highest BCUT2D eigenvalue weighted by Gasteiger charge is 2.46. The molecule has 2 saturated heterocycles. The Bertz CT molecular complexity index is 1390. The first kappa shape index (κ1) is 24.4. The highest BCUT2D eigenvalue weighted by atomic mass is 32.1. The summed E-state index contributed by atoms with van der Waals surface area (Å²) < 4.78 is 35.0. The molecule has 3 aliphatic rings. The number of amides is 1. The third-order valence-electron chi connectivity index (χ3n) is 8.10. The van der Waals surface area contributed by atoms with Crippen molar-refractivity contribution in [3.63, 3.8) is 0 Å². The molecule has 3 atom stereocenters. The van der Waals surface area contributed by atoms with Crippen LogP contribution in [0.5, 0.6) is 0 Å². The molecule has 0 aromatic carbocycles. The molecule has 3 unspecified atom stereocenters. The van der Waals surface area contributed by atoms with Crippen LogP contribution in [0.15, 0.2) is 12.1 Å². The van der Waals surface area contributed by atoms with E-state index in [0.29, 0.717) is 65.4 Å². The fraction of sp³-hybridized carbons (Fsp3) is 0.500. The molecule has 2 fully saturated rings. The van der Waals surface area contributed by atoms with Gasteiger partial charge in [-0.05, 0) is 45.1 Å². The van der Waals surface area contributed by atoms with Gasteiger partial charge in [-0.2, -0.15) is 0 Å². The van der Waals surface area contributed by atoms with Crippen molar-refractivity contribution in [1.82, 2.24) is 15.3 Å². The summed E-state index contributed by atoms with van der Waals surface area (Å²) in [6, 6.07) is 2.50. The summed E-state index contributed by atoms with van der Waals surface area (Å²) in [5.74, 6) is -0.522. The molecule has 1 aliphatic carbocycles. The lowest BCUT2D eigenvalue weighted by molar-refractivity contribution is -0.00345. The highest BCUT2D eigenvalue weighted by molar-refractivity contribution is 7.21. The summed E-state index contributed by atoms with van der Waals surface area (Å²) in [6.45, 7) is 4.31. The van der Waals surface area contributed by atoms with Crippen LogP contribution in [0.2, 0.25) is 0 Å². The van der Waals surface area contributed by atoms with Crippen molar-refractivity contribution >= 4 is 39.0 Å². The van der Waals surface area contributed by atoms with Crippen LogP contribution < -0.4 is 21.7 Å². The van der Waals surface area contributed by atoms with Gasteiger partial charge in [-0.25, -0.2) is 18.7 Å². The van der Waals surface area contributed by atoms with Crippen LogP contribution in [0.1, 0.15) is 45.9 Å². The molecule has 3 aromatic heterocycles. The third-order valence-corrected chi connectivity index (χ3v) is 9.21. The fourth-order valence-electron chi connectivity index (χ4n) is 5.92. The van der Waals surface area contributed by atoms with Crippen LogP contribution >= 0.6 is 11.3 Å². The smallest absolute Gasteiger partial charge is 0.263 e. The summed E-state index contributed by atoms with van der Waals surface area (Å²) in [7, 11) is 0. The van der Waals surface area contributed by atoms with E-state index in [0.717, 1.165) is 36.5 Å². The summed E-state index contributed by atoms with van der Waals surface area (Å²) >= 11 is 1.13. The van der Waals surface area contributed by atoms with E-state index in [4.69, 9.17) is 21.2 Å². The molecular weight excluding hydrogens is 498 g/mol. The van der Waals surface area contributed by atoms with Crippen LogP contribution in [0, 0.1) is 24.0 Å². The first-order valence-corrected chi connectivity index (χ1v) is 13.5. The van der Waals surface area contributed by atoms with Crippen molar-refractivity contribution in [1.29, 1.82) is 0 Å². The molecule has 2 aliphatic heterocycles. The Morgan fingerprint density at radius 2 is 2.14 bits per heavy atom. The van der Waals surface area contributed by atoms with Crippen LogP contribution in [0.25, 0.3) is 10.2 Å². The fourth-order valence-corrected chi connectivity index (χ4v) is 6.95. The number of halogens is 2. The Hall–Kier alpha value is -2.89. The van der Waals surface area contributed by atoms with Gasteiger partial charge < -0.3 is 26.4 Å². The van der Waals surface area contributed by atoms with Gasteiger partial charge in [-0.1, -0.05) is 0 Å². The Kier molecular flexibility index (Phi) is 6.04. The standard InChI is InChI=1S/C26H30F2N6O2S/c1-13-17(27)8-16-22(30)23(37-25(16)31-13)24(35)32-14-3-4-19-15(7-14)18(28)9-21(33-19)34-10-20(29)26(11-34)5-2-6-36-12-26/h8-9,14,20H,2-7,10-12,29-30H2,1H3,(H,32,35). The maximum absolute atomic E-state index is 15.3. The second kappa shape index (κ2) is 9.14. The largest absolute Gasteiger partial charge is 0.397 e. The summed E-state index contributed by atoms with van der Waals surface area (Å²) in [4.78, 5) is 24.9. The average molecular weight is 529 g/mol. The number of fused-ring (bicyclic) bond motifs is 2. The van der Waals surface area contributed by atoms with E-state index in [2.05, 4.69) is 15.2 Å². The Morgan fingerprint density at radius 3 is 2.92 bits per heavy atom. The van der Waals surface area contributed by atoms with Crippen molar-refractivity contribution in [2.24, 2.45) is 11.1 Å². The van der Waals surface area contributed by atoms with E-state index < -0.39 is 5.82 Å². The number of ether oxygens (including phenoxy) is 1. The molecule has 1 spiro atoms. The van der Waals surface area contributed by atoms with Crippen molar-refractivity contribution in [3.05, 3.63) is 45.6 Å². The molecule has 6 rings (SSSR count). The zero-order valence-corrected chi connectivity index (χ0v) is 21.5. The number of nitrogen functional groups attached to an aromatic ring is 1. The van der Waals surface area contributed by atoms with Crippen molar-refractivity contribution in [3.8, 4) is 0 Å². The lowest BCUT2D eigenvalue weighted by Crippen LogP contribution is -2.46. The lowest BCUT2D eigenvalue weighted by Gasteiger charge is -2.36. The SMILES string of the molecule is Cc1nc2sc(C(=O)NC3CCc4nc(N5CC(N)C6(CCCOC6)C5)cc(F)c4C3)c(N)c2cc1F. The Labute approximate surface area is 217 Å². The van der Waals surface area contributed by atoms with Crippen LogP contribution in [-0.2, 0) is 17.6 Å². The van der Waals surface area contributed by atoms with Crippen LogP contribution in [0.4, 0.5) is 20.3 Å². The average Bonchev–Trinajstić information content (AvgIpc) is 3.36. The molecule has 1 amide bonds. The van der Waals surface area contributed by atoms with E-state index in [1.165, 1.54) is 12.1 Å². The number of nitrogens with two attached hydrogens (primary N) is 2. The number of nitrogens with one attached hydrogen (secondary N) is 1. The number of carbonyl (C=O) groups excluding carboxylic acids is 1. The maximum Gasteiger partial charge on any atom is 0.263 e. The van der Waals surface area contributed by atoms with Gasteiger partial charge in [0.15, 0.2) is 0 Å². The minimum atomic E-state index is -0.464. The number of carbonyl (C=O) groups is 1. The summed E-state index contributed by atoms with van der Waals surface area (Å²) in [5, 5.41) is 3.41. The van der Waals surface area contributed by atoms with Gasteiger partial charge in [-0.3, -0.25) is 4.79 Å². The zero-order chi connectivity index (χ0) is 25.9. The van der Waals surface area contributed by atoms with Crippen LogP contribution in [-0.4, -0.2) is 54.3 Å². The van der Waals surface area contributed by atoms with Crippen LogP contribution in [0.3, 0.4) is 0 Å². The van der Waals surface area contributed by atoms with Crippen molar-refractivity contribution in [2.45, 2.75) is 51.1 Å². The molecule has 0 bridgehead atoms. The molecule has 3 aromatic rings. The Balaban J connectivity index is 1.18. The van der Waals surface area contributed by atoms with E-state index >= 15 is 4.39 Å². The Morgan fingerprint density at radius 1 is 1.30 bits per heavy atom. The molecule has 0 radical (unpaired) electrons. The van der Waals surface area contributed by atoms with Gasteiger partial charge in [0.1, 0.15) is 27.2 Å². The van der Waals surface area contributed by atoms with E-state index in [1.807, 2.05) is 0 Å². The quantitative estimate of drug-likeness (QED) is 0.478. The second-order valence-electron chi connectivity index (χ2n) is 10.6. The molecule has 0 saturated carbocycles. The summed E-state index contributed by atoms with van der Waals surface area (Å²) in [5.41, 5.74) is 14.3. The second-order valence-corrected chi connectivity index (χ2v) is 11.6. The number of thiophene rings is 1. The van der Waals surface area contributed by atoms with Gasteiger partial charge >= 0.3 is 0 Å². The van der Waals surface area contributed by atoms with E-state index in [9.17, 15) is 9.18 Å². The third kappa shape index (κ3) is 4.22. The van der Waals surface area contributed by atoms with Crippen molar-refractivity contribution in [2.75, 3.05) is 36.9 Å². The number of aromatic nitrogens is 2. The minimum absolute atomic E-state index is 0.0368. The first-order valence-electron chi connectivity index (χ1n) is 12.7. The first-order chi connectivity index (χ1) is 17.7. The lowest BCUT2D eigenvalue weighted by atomic mass is 9.79. The molecule has 5 heterocycles. The van der Waals surface area contributed by atoms with E-state index in [-0.39, 0.29) is 40.6 Å². The van der Waals surface area contributed by atoms with Gasteiger partial charge in [0.2, 0.25) is 0 Å². The molecular formula is C26H30F2N6O2S. The molecule has 37 heavy (non-hydrogen) atoms. The normalized spacial score (nSPS) is 25.6. The number of hydrogen-bond acceptors (Lipinski definition) is 8. The minimum Gasteiger partial charge on any atom is -0.397 e. The predicted octanol–water partition coefficient (Wildman–Crippen LogP) is 3.09. The number of rotatable bonds is 3. The molecule has 196 valence electrons. The number of aryl methyl sites for hydroxylation is 2.